The van der Waals surface area contributed by atoms with Crippen LogP contribution in [0.25, 0.3) is 10.9 Å². The molecule has 0 fully saturated rings. The first-order chi connectivity index (χ1) is 15.0. The number of nitrogens with zero attached hydrogens (tertiary/aromatic N) is 1. The standard InChI is InChI=1S/C28H30N2O/c1-20(2)29-28(31)17-25(23-13-9-10-21(3)16-23)26-19-30(18-22-11-5-4-6-12-22)27-15-8-7-14-24(26)27/h4-16,19-20,25H,17-18H2,1-3H3,(H,29,31). The average Bonchev–Trinajstić information content (AvgIpc) is 3.10. The average molecular weight is 411 g/mol. The van der Waals surface area contributed by atoms with E-state index in [0.29, 0.717) is 6.42 Å². The lowest BCUT2D eigenvalue weighted by Gasteiger charge is -2.19. The quantitative estimate of drug-likeness (QED) is 0.396. The molecule has 0 bridgehead atoms. The van der Waals surface area contributed by atoms with Gasteiger partial charge >= 0.3 is 0 Å². The van der Waals surface area contributed by atoms with E-state index in [2.05, 4.69) is 95.8 Å². The maximum absolute atomic E-state index is 12.8. The monoisotopic (exact) mass is 410 g/mol. The van der Waals surface area contributed by atoms with Crippen molar-refractivity contribution in [1.82, 2.24) is 9.88 Å². The van der Waals surface area contributed by atoms with E-state index in [4.69, 9.17) is 0 Å². The molecule has 0 aliphatic carbocycles. The molecule has 1 amide bonds. The lowest BCUT2D eigenvalue weighted by molar-refractivity contribution is -0.121. The maximum Gasteiger partial charge on any atom is 0.221 e. The van der Waals surface area contributed by atoms with Gasteiger partial charge in [-0.2, -0.15) is 0 Å². The number of nitrogens with one attached hydrogen (secondary N) is 1. The van der Waals surface area contributed by atoms with Gasteiger partial charge in [0, 0.05) is 42.0 Å². The third-order valence-corrected chi connectivity index (χ3v) is 5.67. The minimum atomic E-state index is 0.000531. The van der Waals surface area contributed by atoms with Crippen molar-refractivity contribution >= 4 is 16.8 Å². The molecule has 0 radical (unpaired) electrons. The SMILES string of the molecule is Cc1cccc(C(CC(=O)NC(C)C)c2cn(Cc3ccccc3)c3ccccc23)c1. The smallest absolute Gasteiger partial charge is 0.221 e. The van der Waals surface area contributed by atoms with Gasteiger partial charge in [0.25, 0.3) is 0 Å². The van der Waals surface area contributed by atoms with Crippen LogP contribution in [0.5, 0.6) is 0 Å². The first-order valence-electron chi connectivity index (χ1n) is 11.0. The number of aryl methyl sites for hydroxylation is 1. The van der Waals surface area contributed by atoms with Crippen molar-refractivity contribution in [3.05, 3.63) is 107 Å². The molecule has 1 atom stereocenters. The lowest BCUT2D eigenvalue weighted by Crippen LogP contribution is -2.31. The highest BCUT2D eigenvalue weighted by molar-refractivity contribution is 5.87. The summed E-state index contributed by atoms with van der Waals surface area (Å²) in [6, 6.07) is 27.7. The molecule has 0 aliphatic rings. The summed E-state index contributed by atoms with van der Waals surface area (Å²) in [6.45, 7) is 6.92. The Morgan fingerprint density at radius 1 is 0.935 bits per heavy atom. The summed E-state index contributed by atoms with van der Waals surface area (Å²) in [5.74, 6) is 0.0852. The van der Waals surface area contributed by atoms with Crippen molar-refractivity contribution in [1.29, 1.82) is 0 Å². The van der Waals surface area contributed by atoms with Crippen LogP contribution >= 0.6 is 0 Å². The van der Waals surface area contributed by atoms with Crippen LogP contribution < -0.4 is 5.32 Å². The van der Waals surface area contributed by atoms with E-state index >= 15 is 0 Å². The van der Waals surface area contributed by atoms with Crippen molar-refractivity contribution in [2.75, 3.05) is 0 Å². The van der Waals surface area contributed by atoms with Crippen LogP contribution in [-0.4, -0.2) is 16.5 Å². The van der Waals surface area contributed by atoms with Gasteiger partial charge in [-0.25, -0.2) is 0 Å². The number of amides is 1. The second-order valence-corrected chi connectivity index (χ2v) is 8.61. The molecule has 1 aromatic heterocycles. The summed E-state index contributed by atoms with van der Waals surface area (Å²) in [5, 5.41) is 4.29. The van der Waals surface area contributed by atoms with Crippen LogP contribution in [0, 0.1) is 6.92 Å². The second kappa shape index (κ2) is 9.22. The summed E-state index contributed by atoms with van der Waals surface area (Å²) in [7, 11) is 0. The van der Waals surface area contributed by atoms with Gasteiger partial charge in [0.05, 0.1) is 0 Å². The Hall–Kier alpha value is -3.33. The highest BCUT2D eigenvalue weighted by atomic mass is 16.1. The van der Waals surface area contributed by atoms with Crippen LogP contribution in [0.4, 0.5) is 0 Å². The topological polar surface area (TPSA) is 34.0 Å². The van der Waals surface area contributed by atoms with Crippen molar-refractivity contribution in [2.24, 2.45) is 0 Å². The third-order valence-electron chi connectivity index (χ3n) is 5.67. The minimum Gasteiger partial charge on any atom is -0.354 e. The van der Waals surface area contributed by atoms with Gasteiger partial charge < -0.3 is 9.88 Å². The minimum absolute atomic E-state index is 0.000531. The van der Waals surface area contributed by atoms with E-state index in [-0.39, 0.29) is 17.9 Å². The summed E-state index contributed by atoms with van der Waals surface area (Å²) in [4.78, 5) is 12.8. The Kier molecular flexibility index (Phi) is 6.22. The number of carbonyl (C=O) groups excluding carboxylic acids is 1. The molecule has 3 aromatic carbocycles. The second-order valence-electron chi connectivity index (χ2n) is 8.61. The van der Waals surface area contributed by atoms with Crippen LogP contribution in [0.1, 0.15) is 48.4 Å². The van der Waals surface area contributed by atoms with E-state index in [9.17, 15) is 4.79 Å². The van der Waals surface area contributed by atoms with E-state index in [1.165, 1.54) is 33.2 Å². The summed E-state index contributed by atoms with van der Waals surface area (Å²) < 4.78 is 2.31. The number of aromatic nitrogens is 1. The largest absolute Gasteiger partial charge is 0.354 e. The van der Waals surface area contributed by atoms with Gasteiger partial charge in [0.15, 0.2) is 0 Å². The Labute approximate surface area is 184 Å². The number of carbonyl (C=O) groups is 1. The lowest BCUT2D eigenvalue weighted by atomic mass is 9.87. The van der Waals surface area contributed by atoms with Gasteiger partial charge in [-0.1, -0.05) is 78.4 Å². The van der Waals surface area contributed by atoms with Crippen molar-refractivity contribution in [2.45, 2.75) is 45.7 Å². The Morgan fingerprint density at radius 3 is 2.42 bits per heavy atom. The molecule has 3 heteroatoms. The normalized spacial score (nSPS) is 12.3. The van der Waals surface area contributed by atoms with Gasteiger partial charge in [-0.3, -0.25) is 4.79 Å². The molecule has 158 valence electrons. The van der Waals surface area contributed by atoms with Gasteiger partial charge in [0.2, 0.25) is 5.91 Å². The first kappa shape index (κ1) is 20.9. The van der Waals surface area contributed by atoms with Crippen LogP contribution in [0.3, 0.4) is 0 Å². The van der Waals surface area contributed by atoms with E-state index < -0.39 is 0 Å². The molecule has 4 rings (SSSR count). The molecule has 3 nitrogen and oxygen atoms in total. The third kappa shape index (κ3) is 4.88. The van der Waals surface area contributed by atoms with Crippen LogP contribution in [0.2, 0.25) is 0 Å². The zero-order valence-electron chi connectivity index (χ0n) is 18.5. The number of hydrogen-bond acceptors (Lipinski definition) is 1. The highest BCUT2D eigenvalue weighted by Gasteiger charge is 2.23. The van der Waals surface area contributed by atoms with Crippen molar-refractivity contribution in [3.63, 3.8) is 0 Å². The molecule has 0 aliphatic heterocycles. The molecule has 1 N–H and O–H groups in total. The zero-order valence-corrected chi connectivity index (χ0v) is 18.5. The molecule has 4 aromatic rings. The molecule has 31 heavy (non-hydrogen) atoms. The van der Waals surface area contributed by atoms with Gasteiger partial charge in [-0.15, -0.1) is 0 Å². The van der Waals surface area contributed by atoms with Crippen molar-refractivity contribution in [3.8, 4) is 0 Å². The summed E-state index contributed by atoms with van der Waals surface area (Å²) in [6.07, 6.45) is 2.67. The van der Waals surface area contributed by atoms with Crippen LogP contribution in [-0.2, 0) is 11.3 Å². The molecule has 1 unspecified atom stereocenters. The predicted octanol–water partition coefficient (Wildman–Crippen LogP) is 6.04. The van der Waals surface area contributed by atoms with Gasteiger partial charge in [-0.05, 0) is 43.5 Å². The highest BCUT2D eigenvalue weighted by Crippen LogP contribution is 2.35. The first-order valence-corrected chi connectivity index (χ1v) is 11.0. The number of fused-ring (bicyclic) bond motifs is 1. The molecule has 1 heterocycles. The number of para-hydroxylation sites is 1. The Bertz CT molecular complexity index is 1170. The van der Waals surface area contributed by atoms with E-state index in [1.807, 2.05) is 19.9 Å². The van der Waals surface area contributed by atoms with Crippen molar-refractivity contribution < 1.29 is 4.79 Å². The number of benzene rings is 3. The fourth-order valence-corrected chi connectivity index (χ4v) is 4.32. The maximum atomic E-state index is 12.8. The summed E-state index contributed by atoms with van der Waals surface area (Å²) in [5.41, 5.74) is 6.06. The predicted molar refractivity (Wildman–Crippen MR) is 128 cm³/mol. The molecule has 0 spiro atoms. The number of rotatable bonds is 7. The molecule has 0 saturated carbocycles. The molecule has 0 saturated heterocycles. The molecular weight excluding hydrogens is 380 g/mol. The van der Waals surface area contributed by atoms with E-state index in [1.54, 1.807) is 0 Å². The summed E-state index contributed by atoms with van der Waals surface area (Å²) >= 11 is 0. The fourth-order valence-electron chi connectivity index (χ4n) is 4.32. The van der Waals surface area contributed by atoms with Crippen LogP contribution in [0.15, 0.2) is 85.1 Å². The van der Waals surface area contributed by atoms with Gasteiger partial charge in [0.1, 0.15) is 0 Å². The molecular formula is C28H30N2O. The fraction of sp³-hybridized carbons (Fsp3) is 0.250. The number of hydrogen-bond donors (Lipinski definition) is 1. The Morgan fingerprint density at radius 2 is 1.68 bits per heavy atom. The Balaban J connectivity index is 1.80. The van der Waals surface area contributed by atoms with E-state index in [0.717, 1.165) is 6.54 Å². The zero-order chi connectivity index (χ0) is 21.8.